The summed E-state index contributed by atoms with van der Waals surface area (Å²) >= 11 is 0. The van der Waals surface area contributed by atoms with Gasteiger partial charge < -0.3 is 9.47 Å². The van der Waals surface area contributed by atoms with E-state index in [0.717, 1.165) is 12.8 Å². The molecule has 1 aromatic carbocycles. The van der Waals surface area contributed by atoms with Gasteiger partial charge in [0.1, 0.15) is 11.9 Å². The number of ether oxygens (including phenoxy) is 2. The Labute approximate surface area is 138 Å². The first-order valence-corrected chi connectivity index (χ1v) is 9.20. The van der Waals surface area contributed by atoms with E-state index in [4.69, 9.17) is 9.47 Å². The number of benzene rings is 1. The third-order valence-corrected chi connectivity index (χ3v) is 5.50. The molecule has 0 aliphatic carbocycles. The van der Waals surface area contributed by atoms with Crippen LogP contribution in [0, 0.1) is 0 Å². The summed E-state index contributed by atoms with van der Waals surface area (Å²) in [7, 11) is -1.98. The van der Waals surface area contributed by atoms with Gasteiger partial charge in [0.2, 0.25) is 10.0 Å². The van der Waals surface area contributed by atoms with Crippen LogP contribution in [0.3, 0.4) is 0 Å². The maximum Gasteiger partial charge on any atom is 0.240 e. The van der Waals surface area contributed by atoms with E-state index in [0.29, 0.717) is 12.3 Å². The van der Waals surface area contributed by atoms with Crippen molar-refractivity contribution < 1.29 is 17.9 Å². The minimum absolute atomic E-state index is 0.0684. The van der Waals surface area contributed by atoms with Gasteiger partial charge in [-0.05, 0) is 57.9 Å². The summed E-state index contributed by atoms with van der Waals surface area (Å²) < 4.78 is 37.9. The van der Waals surface area contributed by atoms with Crippen molar-refractivity contribution in [1.29, 1.82) is 0 Å². The molecule has 2 atom stereocenters. The highest BCUT2D eigenvalue weighted by atomic mass is 32.2. The summed E-state index contributed by atoms with van der Waals surface area (Å²) in [5.74, 6) is 0.626. The van der Waals surface area contributed by atoms with Crippen LogP contribution in [0.25, 0.3) is 0 Å². The second-order valence-electron chi connectivity index (χ2n) is 6.27. The summed E-state index contributed by atoms with van der Waals surface area (Å²) in [6.07, 6.45) is 3.94. The largest absolute Gasteiger partial charge is 0.497 e. The molecule has 0 aromatic heterocycles. The maximum absolute atomic E-state index is 12.3. The molecule has 0 saturated carbocycles. The van der Waals surface area contributed by atoms with E-state index in [1.807, 2.05) is 6.92 Å². The first kappa shape index (κ1) is 18.0. The molecule has 1 heterocycles. The second-order valence-corrected chi connectivity index (χ2v) is 8.03. The summed E-state index contributed by atoms with van der Waals surface area (Å²) in [5, 5.41) is 0. The molecule has 2 rings (SSSR count). The molecule has 0 radical (unpaired) electrons. The molecular formula is C17H25NO4S. The molecular weight excluding hydrogens is 314 g/mol. The molecule has 0 amide bonds. The first-order chi connectivity index (χ1) is 10.8. The molecule has 23 heavy (non-hydrogen) atoms. The number of hydrogen-bond donors (Lipinski definition) is 1. The van der Waals surface area contributed by atoms with Crippen molar-refractivity contribution in [3.8, 4) is 5.75 Å². The van der Waals surface area contributed by atoms with Crippen LogP contribution in [0.4, 0.5) is 0 Å². The predicted octanol–water partition coefficient (Wildman–Crippen LogP) is 2.88. The Balaban J connectivity index is 1.87. The molecule has 0 bridgehead atoms. The lowest BCUT2D eigenvalue weighted by atomic mass is 10.0. The SMILES string of the molecule is COc1ccc(S(=O)(=O)NC[C@H]2O[C@@]2(C)CCC=C(C)C)cc1. The summed E-state index contributed by atoms with van der Waals surface area (Å²) in [5.41, 5.74) is 1.06. The monoisotopic (exact) mass is 339 g/mol. The zero-order valence-electron chi connectivity index (χ0n) is 14.1. The van der Waals surface area contributed by atoms with Crippen LogP contribution >= 0.6 is 0 Å². The summed E-state index contributed by atoms with van der Waals surface area (Å²) in [6.45, 7) is 6.45. The van der Waals surface area contributed by atoms with Gasteiger partial charge in [0, 0.05) is 6.54 Å². The van der Waals surface area contributed by atoms with Crippen molar-refractivity contribution in [2.75, 3.05) is 13.7 Å². The Morgan fingerprint density at radius 2 is 2.00 bits per heavy atom. The molecule has 5 nitrogen and oxygen atoms in total. The lowest BCUT2D eigenvalue weighted by molar-refractivity contribution is 0.297. The van der Waals surface area contributed by atoms with Gasteiger partial charge >= 0.3 is 0 Å². The Hall–Kier alpha value is -1.37. The molecule has 1 aromatic rings. The van der Waals surface area contributed by atoms with Gasteiger partial charge in [-0.1, -0.05) is 11.6 Å². The quantitative estimate of drug-likeness (QED) is 0.584. The predicted molar refractivity (Wildman–Crippen MR) is 90.1 cm³/mol. The van der Waals surface area contributed by atoms with Crippen LogP contribution in [0.1, 0.15) is 33.6 Å². The molecule has 0 spiro atoms. The van der Waals surface area contributed by atoms with Gasteiger partial charge in [0.15, 0.2) is 0 Å². The fraction of sp³-hybridized carbons (Fsp3) is 0.529. The minimum Gasteiger partial charge on any atom is -0.497 e. The van der Waals surface area contributed by atoms with Gasteiger partial charge in [-0.2, -0.15) is 0 Å². The van der Waals surface area contributed by atoms with E-state index in [1.54, 1.807) is 19.2 Å². The summed E-state index contributed by atoms with van der Waals surface area (Å²) in [6, 6.07) is 6.32. The number of sulfonamides is 1. The van der Waals surface area contributed by atoms with Crippen LogP contribution in [0.5, 0.6) is 5.75 Å². The Kier molecular flexibility index (Phi) is 5.49. The van der Waals surface area contributed by atoms with Gasteiger partial charge in [-0.15, -0.1) is 0 Å². The molecule has 1 fully saturated rings. The Morgan fingerprint density at radius 3 is 2.57 bits per heavy atom. The van der Waals surface area contributed by atoms with Crippen LogP contribution in [0.15, 0.2) is 40.8 Å². The van der Waals surface area contributed by atoms with E-state index in [9.17, 15) is 8.42 Å². The molecule has 1 saturated heterocycles. The Morgan fingerprint density at radius 1 is 1.35 bits per heavy atom. The number of epoxide rings is 1. The van der Waals surface area contributed by atoms with Crippen LogP contribution in [0.2, 0.25) is 0 Å². The topological polar surface area (TPSA) is 67.9 Å². The third kappa shape index (κ3) is 4.80. The maximum atomic E-state index is 12.3. The number of nitrogens with one attached hydrogen (secondary N) is 1. The highest BCUT2D eigenvalue weighted by molar-refractivity contribution is 7.89. The summed E-state index contributed by atoms with van der Waals surface area (Å²) in [4.78, 5) is 0.227. The van der Waals surface area contributed by atoms with Gasteiger partial charge in [0.25, 0.3) is 0 Å². The smallest absolute Gasteiger partial charge is 0.240 e. The van der Waals surface area contributed by atoms with E-state index in [1.165, 1.54) is 17.7 Å². The molecule has 6 heteroatoms. The van der Waals surface area contributed by atoms with Crippen molar-refractivity contribution >= 4 is 10.0 Å². The molecule has 1 aliphatic rings. The van der Waals surface area contributed by atoms with Crippen molar-refractivity contribution in [2.45, 2.75) is 50.2 Å². The number of hydrogen-bond acceptors (Lipinski definition) is 4. The molecule has 128 valence electrons. The molecule has 1 N–H and O–H groups in total. The second kappa shape index (κ2) is 7.03. The Bertz CT molecular complexity index is 662. The molecule has 0 unspecified atom stereocenters. The van der Waals surface area contributed by atoms with Crippen molar-refractivity contribution in [3.05, 3.63) is 35.9 Å². The zero-order valence-corrected chi connectivity index (χ0v) is 14.9. The highest BCUT2D eigenvalue weighted by Crippen LogP contribution is 2.40. The standard InChI is InChI=1S/C17H25NO4S/c1-13(2)6-5-11-17(3)16(22-17)12-18-23(19,20)15-9-7-14(21-4)8-10-15/h6-10,16,18H,5,11-12H2,1-4H3/t16-,17+/m1/s1. The lowest BCUT2D eigenvalue weighted by Gasteiger charge is -2.08. The van der Waals surface area contributed by atoms with Crippen molar-refractivity contribution in [3.63, 3.8) is 0 Å². The van der Waals surface area contributed by atoms with E-state index in [2.05, 4.69) is 24.6 Å². The first-order valence-electron chi connectivity index (χ1n) is 7.72. The third-order valence-electron chi connectivity index (χ3n) is 4.06. The van der Waals surface area contributed by atoms with Gasteiger partial charge in [0.05, 0.1) is 17.6 Å². The van der Waals surface area contributed by atoms with E-state index >= 15 is 0 Å². The van der Waals surface area contributed by atoms with Gasteiger partial charge in [-0.3, -0.25) is 0 Å². The van der Waals surface area contributed by atoms with E-state index in [-0.39, 0.29) is 16.6 Å². The van der Waals surface area contributed by atoms with Crippen LogP contribution in [-0.4, -0.2) is 33.8 Å². The number of rotatable bonds is 8. The fourth-order valence-corrected chi connectivity index (χ4v) is 3.47. The van der Waals surface area contributed by atoms with Crippen molar-refractivity contribution in [1.82, 2.24) is 4.72 Å². The average Bonchev–Trinajstić information content (AvgIpc) is 3.15. The molecule has 1 aliphatic heterocycles. The van der Waals surface area contributed by atoms with E-state index < -0.39 is 10.0 Å². The van der Waals surface area contributed by atoms with Crippen LogP contribution < -0.4 is 9.46 Å². The average molecular weight is 339 g/mol. The fourth-order valence-electron chi connectivity index (χ4n) is 2.44. The number of methoxy groups -OCH3 is 1. The highest BCUT2D eigenvalue weighted by Gasteiger charge is 2.51. The van der Waals surface area contributed by atoms with Crippen LogP contribution in [-0.2, 0) is 14.8 Å². The normalized spacial score (nSPS) is 23.4. The lowest BCUT2D eigenvalue weighted by Crippen LogP contribution is -2.30. The zero-order chi connectivity index (χ0) is 17.1. The minimum atomic E-state index is -3.52. The van der Waals surface area contributed by atoms with Gasteiger partial charge in [-0.25, -0.2) is 13.1 Å². The number of allylic oxidation sites excluding steroid dienone is 2. The van der Waals surface area contributed by atoms with Crippen molar-refractivity contribution in [2.24, 2.45) is 0 Å².